The lowest BCUT2D eigenvalue weighted by Crippen LogP contribution is -2.23. The van der Waals surface area contributed by atoms with Gasteiger partial charge in [-0.05, 0) is 19.1 Å². The minimum Gasteiger partial charge on any atom is -0.375 e. The number of ether oxygens (including phenoxy) is 1. The second-order valence-electron chi connectivity index (χ2n) is 4.78. The minimum atomic E-state index is -3.82. The van der Waals surface area contributed by atoms with E-state index < -0.39 is 10.0 Å². The molecular formula is C13H18N4O3S2. The second-order valence-corrected chi connectivity index (χ2v) is 7.20. The zero-order valence-electron chi connectivity index (χ0n) is 12.6. The molecule has 0 aliphatic carbocycles. The third kappa shape index (κ3) is 3.80. The molecule has 0 aromatic carbocycles. The van der Waals surface area contributed by atoms with Gasteiger partial charge in [0.25, 0.3) is 0 Å². The molecule has 2 N–H and O–H groups in total. The molecule has 0 radical (unpaired) electrons. The molecule has 0 saturated carbocycles. The van der Waals surface area contributed by atoms with Crippen LogP contribution in [0.4, 0.5) is 5.82 Å². The van der Waals surface area contributed by atoms with Gasteiger partial charge in [-0.15, -0.1) is 11.3 Å². The predicted molar refractivity (Wildman–Crippen MR) is 85.3 cm³/mol. The summed E-state index contributed by atoms with van der Waals surface area (Å²) in [5.41, 5.74) is 0.817. The number of rotatable bonds is 6. The molecule has 0 bridgehead atoms. The maximum Gasteiger partial charge on any atom is 0.241 e. The summed E-state index contributed by atoms with van der Waals surface area (Å²) in [6.45, 7) is 2.34. The van der Waals surface area contributed by atoms with E-state index in [0.29, 0.717) is 12.4 Å². The molecule has 7 nitrogen and oxygen atoms in total. The van der Waals surface area contributed by atoms with Crippen molar-refractivity contribution in [3.05, 3.63) is 34.4 Å². The number of nitrogens with zero attached hydrogens (tertiary/aromatic N) is 3. The fourth-order valence-corrected chi connectivity index (χ4v) is 3.46. The van der Waals surface area contributed by atoms with Crippen LogP contribution in [0, 0.1) is 0 Å². The van der Waals surface area contributed by atoms with Crippen molar-refractivity contribution < 1.29 is 13.2 Å². The van der Waals surface area contributed by atoms with Gasteiger partial charge >= 0.3 is 0 Å². The number of nitrogens with two attached hydrogens (primary N) is 1. The number of anilines is 1. The van der Waals surface area contributed by atoms with Crippen LogP contribution in [0.25, 0.3) is 0 Å². The van der Waals surface area contributed by atoms with E-state index >= 15 is 0 Å². The van der Waals surface area contributed by atoms with E-state index in [2.05, 4.69) is 9.97 Å². The fraction of sp³-hybridized carbons (Fsp3) is 0.385. The maximum atomic E-state index is 11.6. The van der Waals surface area contributed by atoms with Crippen LogP contribution in [-0.2, 0) is 21.3 Å². The summed E-state index contributed by atoms with van der Waals surface area (Å²) < 4.78 is 28.5. The summed E-state index contributed by atoms with van der Waals surface area (Å²) in [6, 6.07) is 2.98. The Bertz CT molecular complexity index is 745. The number of aromatic nitrogens is 2. The first-order chi connectivity index (χ1) is 10.3. The third-order valence-electron chi connectivity index (χ3n) is 3.09. The van der Waals surface area contributed by atoms with E-state index in [-0.39, 0.29) is 11.0 Å². The summed E-state index contributed by atoms with van der Waals surface area (Å²) in [4.78, 5) is 10.3. The molecule has 0 fully saturated rings. The molecule has 2 heterocycles. The average Bonchev–Trinajstić information content (AvgIpc) is 2.94. The highest BCUT2D eigenvalue weighted by atomic mass is 32.2. The number of pyridine rings is 1. The third-order valence-corrected chi connectivity index (χ3v) is 5.08. The Morgan fingerprint density at radius 2 is 2.23 bits per heavy atom. The highest BCUT2D eigenvalue weighted by Crippen LogP contribution is 2.24. The van der Waals surface area contributed by atoms with Gasteiger partial charge in [0.15, 0.2) is 0 Å². The van der Waals surface area contributed by atoms with Crippen LogP contribution in [0.15, 0.2) is 28.6 Å². The van der Waals surface area contributed by atoms with Gasteiger partial charge in [-0.2, -0.15) is 0 Å². The first-order valence-electron chi connectivity index (χ1n) is 6.49. The Morgan fingerprint density at radius 1 is 1.50 bits per heavy atom. The van der Waals surface area contributed by atoms with Crippen LogP contribution >= 0.6 is 11.3 Å². The highest BCUT2D eigenvalue weighted by Gasteiger charge is 2.19. The van der Waals surface area contributed by atoms with E-state index in [0.717, 1.165) is 10.7 Å². The molecule has 1 atom stereocenters. The lowest BCUT2D eigenvalue weighted by atomic mass is 10.4. The molecule has 9 heteroatoms. The molecule has 120 valence electrons. The van der Waals surface area contributed by atoms with Crippen molar-refractivity contribution in [2.45, 2.75) is 24.5 Å². The zero-order valence-corrected chi connectivity index (χ0v) is 14.2. The van der Waals surface area contributed by atoms with E-state index in [1.807, 2.05) is 12.3 Å². The summed E-state index contributed by atoms with van der Waals surface area (Å²) in [7, 11) is -0.450. The molecule has 2 aromatic heterocycles. The Hall–Kier alpha value is -1.55. The van der Waals surface area contributed by atoms with Gasteiger partial charge in [-0.25, -0.2) is 23.5 Å². The molecule has 22 heavy (non-hydrogen) atoms. The Labute approximate surface area is 133 Å². The van der Waals surface area contributed by atoms with Crippen molar-refractivity contribution in [2.75, 3.05) is 19.1 Å². The molecule has 0 aliphatic rings. The van der Waals surface area contributed by atoms with Crippen molar-refractivity contribution in [1.29, 1.82) is 0 Å². The van der Waals surface area contributed by atoms with Gasteiger partial charge < -0.3 is 9.64 Å². The first kappa shape index (κ1) is 16.8. The number of sulfonamides is 1. The smallest absolute Gasteiger partial charge is 0.241 e. The number of thiazole rings is 1. The Morgan fingerprint density at radius 3 is 2.86 bits per heavy atom. The molecule has 0 saturated heterocycles. The molecule has 1 unspecified atom stereocenters. The van der Waals surface area contributed by atoms with Crippen LogP contribution in [0.1, 0.15) is 23.7 Å². The summed E-state index contributed by atoms with van der Waals surface area (Å²) in [5, 5.41) is 8.02. The van der Waals surface area contributed by atoms with Crippen molar-refractivity contribution >= 4 is 27.2 Å². The van der Waals surface area contributed by atoms with E-state index in [4.69, 9.17) is 9.88 Å². The SMILES string of the molecule is COC(C)c1nc(CN(C)c2ncccc2S(N)(=O)=O)cs1. The van der Waals surface area contributed by atoms with Crippen LogP contribution in [0.3, 0.4) is 0 Å². The lowest BCUT2D eigenvalue weighted by molar-refractivity contribution is 0.119. The second kappa shape index (κ2) is 6.69. The van der Waals surface area contributed by atoms with E-state index in [1.54, 1.807) is 19.1 Å². The minimum absolute atomic E-state index is 0.00165. The van der Waals surface area contributed by atoms with Gasteiger partial charge in [0.1, 0.15) is 21.8 Å². The van der Waals surface area contributed by atoms with Crippen LogP contribution in [0.5, 0.6) is 0 Å². The number of hydrogen-bond donors (Lipinski definition) is 1. The predicted octanol–water partition coefficient (Wildman–Crippen LogP) is 1.53. The van der Waals surface area contributed by atoms with Crippen molar-refractivity contribution in [2.24, 2.45) is 5.14 Å². The average molecular weight is 342 g/mol. The standard InChI is InChI=1S/C13H18N4O3S2/c1-9(20-3)13-16-10(8-21-13)7-17(2)12-11(22(14,18)19)5-4-6-15-12/h4-6,8-9H,7H2,1-3H3,(H2,14,18,19). The van der Waals surface area contributed by atoms with Gasteiger partial charge in [0.05, 0.1) is 12.2 Å². The Balaban J connectivity index is 2.23. The van der Waals surface area contributed by atoms with E-state index in [1.165, 1.54) is 29.7 Å². The van der Waals surface area contributed by atoms with Gasteiger partial charge in [0, 0.05) is 25.7 Å². The van der Waals surface area contributed by atoms with E-state index in [9.17, 15) is 8.42 Å². The zero-order chi connectivity index (χ0) is 16.3. The molecular weight excluding hydrogens is 324 g/mol. The maximum absolute atomic E-state index is 11.6. The van der Waals surface area contributed by atoms with Gasteiger partial charge in [0.2, 0.25) is 10.0 Å². The lowest BCUT2D eigenvalue weighted by Gasteiger charge is -2.19. The fourth-order valence-electron chi connectivity index (χ4n) is 1.89. The summed E-state index contributed by atoms with van der Waals surface area (Å²) >= 11 is 1.50. The molecule has 0 spiro atoms. The molecule has 2 rings (SSSR count). The normalized spacial score (nSPS) is 13.1. The molecule has 0 amide bonds. The van der Waals surface area contributed by atoms with Gasteiger partial charge in [-0.3, -0.25) is 0 Å². The summed E-state index contributed by atoms with van der Waals surface area (Å²) in [5.74, 6) is 0.305. The largest absolute Gasteiger partial charge is 0.375 e. The Kier molecular flexibility index (Phi) is 5.12. The van der Waals surface area contributed by atoms with Gasteiger partial charge in [-0.1, -0.05) is 0 Å². The number of methoxy groups -OCH3 is 1. The molecule has 2 aromatic rings. The highest BCUT2D eigenvalue weighted by molar-refractivity contribution is 7.89. The molecule has 0 aliphatic heterocycles. The topological polar surface area (TPSA) is 98.4 Å². The summed E-state index contributed by atoms with van der Waals surface area (Å²) in [6.07, 6.45) is 1.46. The first-order valence-corrected chi connectivity index (χ1v) is 8.91. The number of primary sulfonamides is 1. The number of hydrogen-bond acceptors (Lipinski definition) is 7. The van der Waals surface area contributed by atoms with Crippen LogP contribution in [0.2, 0.25) is 0 Å². The van der Waals surface area contributed by atoms with Crippen LogP contribution in [-0.4, -0.2) is 32.5 Å². The monoisotopic (exact) mass is 342 g/mol. The van der Waals surface area contributed by atoms with Crippen molar-refractivity contribution in [3.63, 3.8) is 0 Å². The van der Waals surface area contributed by atoms with Crippen molar-refractivity contribution in [1.82, 2.24) is 9.97 Å². The quantitative estimate of drug-likeness (QED) is 0.855. The van der Waals surface area contributed by atoms with Crippen LogP contribution < -0.4 is 10.0 Å². The van der Waals surface area contributed by atoms with Crippen molar-refractivity contribution in [3.8, 4) is 0 Å².